The molecule has 0 saturated heterocycles. The summed E-state index contributed by atoms with van der Waals surface area (Å²) in [4.78, 5) is 11.5. The van der Waals surface area contributed by atoms with Crippen molar-refractivity contribution in [3.05, 3.63) is 48.3 Å². The van der Waals surface area contributed by atoms with Crippen molar-refractivity contribution in [2.45, 2.75) is 24.3 Å². The number of hydrogen-bond donors (Lipinski definition) is 2. The average molecular weight is 257 g/mol. The topological polar surface area (TPSA) is 81.1 Å². The lowest BCUT2D eigenvalue weighted by atomic mass is 9.62. The van der Waals surface area contributed by atoms with Gasteiger partial charge in [-0.3, -0.25) is 4.79 Å². The van der Waals surface area contributed by atoms with Crippen LogP contribution in [0.4, 0.5) is 0 Å². The van der Waals surface area contributed by atoms with Crippen molar-refractivity contribution >= 4 is 5.97 Å². The van der Waals surface area contributed by atoms with Gasteiger partial charge in [0.05, 0.1) is 17.3 Å². The normalized spacial score (nSPS) is 25.8. The highest BCUT2D eigenvalue weighted by Crippen LogP contribution is 2.43. The van der Waals surface area contributed by atoms with Crippen molar-refractivity contribution in [1.29, 1.82) is 0 Å². The number of nitrogens with zero attached hydrogens (tertiary/aromatic N) is 2. The molecule has 19 heavy (non-hydrogen) atoms. The number of para-hydroxylation sites is 1. The lowest BCUT2D eigenvalue weighted by Gasteiger charge is -2.41. The van der Waals surface area contributed by atoms with Crippen LogP contribution < -0.4 is 5.73 Å². The van der Waals surface area contributed by atoms with Gasteiger partial charge in [-0.05, 0) is 25.0 Å². The zero-order valence-electron chi connectivity index (χ0n) is 10.4. The summed E-state index contributed by atoms with van der Waals surface area (Å²) in [5.41, 5.74) is 6.54. The largest absolute Gasteiger partial charge is 0.481 e. The van der Waals surface area contributed by atoms with Crippen LogP contribution in [0.15, 0.2) is 42.7 Å². The van der Waals surface area contributed by atoms with E-state index in [9.17, 15) is 9.90 Å². The molecule has 1 heterocycles. The Morgan fingerprint density at radius 2 is 2.05 bits per heavy atom. The first-order chi connectivity index (χ1) is 9.12. The summed E-state index contributed by atoms with van der Waals surface area (Å²) in [6.07, 6.45) is 4.37. The zero-order chi connectivity index (χ0) is 13.5. The van der Waals surface area contributed by atoms with Crippen LogP contribution in [-0.2, 0) is 10.2 Å². The van der Waals surface area contributed by atoms with Gasteiger partial charge in [-0.25, -0.2) is 4.68 Å². The third-order valence-electron chi connectivity index (χ3n) is 3.79. The summed E-state index contributed by atoms with van der Waals surface area (Å²) in [5, 5.41) is 13.7. The fourth-order valence-electron chi connectivity index (χ4n) is 2.66. The quantitative estimate of drug-likeness (QED) is 0.868. The minimum Gasteiger partial charge on any atom is -0.481 e. The third kappa shape index (κ3) is 1.82. The van der Waals surface area contributed by atoms with Gasteiger partial charge in [-0.15, -0.1) is 0 Å². The lowest BCUT2D eigenvalue weighted by Crippen LogP contribution is -2.54. The second-order valence-electron chi connectivity index (χ2n) is 5.06. The van der Waals surface area contributed by atoms with Crippen LogP contribution in [0.25, 0.3) is 5.69 Å². The maximum absolute atomic E-state index is 11.5. The van der Waals surface area contributed by atoms with Crippen LogP contribution >= 0.6 is 0 Å². The molecule has 1 aliphatic rings. The predicted octanol–water partition coefficient (Wildman–Crippen LogP) is 1.32. The first-order valence-corrected chi connectivity index (χ1v) is 6.21. The molecule has 0 radical (unpaired) electrons. The number of hydrogen-bond acceptors (Lipinski definition) is 3. The van der Waals surface area contributed by atoms with Crippen molar-refractivity contribution < 1.29 is 9.90 Å². The molecule has 1 aliphatic carbocycles. The van der Waals surface area contributed by atoms with E-state index >= 15 is 0 Å². The minimum absolute atomic E-state index is 0.0313. The number of carboxylic acids is 1. The molecule has 5 heteroatoms. The molecule has 0 atom stereocenters. The number of aromatic nitrogens is 2. The number of carbonyl (C=O) groups is 1. The Morgan fingerprint density at radius 1 is 1.37 bits per heavy atom. The maximum atomic E-state index is 11.5. The Balaban J connectivity index is 1.95. The Labute approximate surface area is 110 Å². The smallest absolute Gasteiger partial charge is 0.314 e. The molecule has 0 bridgehead atoms. The minimum atomic E-state index is -0.855. The Morgan fingerprint density at radius 3 is 2.63 bits per heavy atom. The molecule has 1 aromatic carbocycles. The first kappa shape index (κ1) is 11.9. The Hall–Kier alpha value is -2.14. The Kier molecular flexibility index (Phi) is 2.64. The zero-order valence-corrected chi connectivity index (χ0v) is 10.4. The molecule has 0 unspecified atom stereocenters. The molecule has 1 aromatic heterocycles. The molecule has 1 fully saturated rings. The van der Waals surface area contributed by atoms with Gasteiger partial charge in [0.25, 0.3) is 0 Å². The van der Waals surface area contributed by atoms with Gasteiger partial charge < -0.3 is 10.8 Å². The van der Waals surface area contributed by atoms with E-state index in [1.54, 1.807) is 17.1 Å². The molecule has 3 rings (SSSR count). The second-order valence-corrected chi connectivity index (χ2v) is 5.06. The van der Waals surface area contributed by atoms with E-state index in [1.807, 2.05) is 30.3 Å². The van der Waals surface area contributed by atoms with Gasteiger partial charge in [-0.2, -0.15) is 5.10 Å². The molecule has 3 N–H and O–H groups in total. The number of benzene rings is 1. The van der Waals surface area contributed by atoms with Crippen molar-refractivity contribution in [2.75, 3.05) is 0 Å². The molecule has 5 nitrogen and oxygen atoms in total. The summed E-state index contributed by atoms with van der Waals surface area (Å²) in [6.45, 7) is 0. The van der Waals surface area contributed by atoms with E-state index in [1.165, 1.54) is 0 Å². The van der Waals surface area contributed by atoms with Crippen LogP contribution in [-0.4, -0.2) is 26.9 Å². The predicted molar refractivity (Wildman–Crippen MR) is 70.1 cm³/mol. The number of carboxylic acid groups (broad SMARTS) is 1. The van der Waals surface area contributed by atoms with Gasteiger partial charge in [0.1, 0.15) is 0 Å². The van der Waals surface area contributed by atoms with Crippen LogP contribution in [0.5, 0.6) is 0 Å². The van der Waals surface area contributed by atoms with Gasteiger partial charge in [0, 0.05) is 17.8 Å². The molecule has 1 saturated carbocycles. The fraction of sp³-hybridized carbons (Fsp3) is 0.286. The fourth-order valence-corrected chi connectivity index (χ4v) is 2.66. The van der Waals surface area contributed by atoms with E-state index in [4.69, 9.17) is 5.73 Å². The van der Waals surface area contributed by atoms with E-state index < -0.39 is 11.4 Å². The van der Waals surface area contributed by atoms with Gasteiger partial charge in [-0.1, -0.05) is 18.2 Å². The molecule has 98 valence electrons. The van der Waals surface area contributed by atoms with Crippen molar-refractivity contribution in [2.24, 2.45) is 5.73 Å². The summed E-state index contributed by atoms with van der Waals surface area (Å²) >= 11 is 0. The highest BCUT2D eigenvalue weighted by atomic mass is 16.4. The summed E-state index contributed by atoms with van der Waals surface area (Å²) in [5.74, 6) is -0.818. The van der Waals surface area contributed by atoms with E-state index in [0.717, 1.165) is 11.3 Å². The maximum Gasteiger partial charge on any atom is 0.314 e. The summed E-state index contributed by atoms with van der Waals surface area (Å²) < 4.78 is 1.70. The molecule has 0 amide bonds. The van der Waals surface area contributed by atoms with Gasteiger partial charge in [0.2, 0.25) is 0 Å². The van der Waals surface area contributed by atoms with E-state index in [-0.39, 0.29) is 6.04 Å². The average Bonchev–Trinajstić information content (AvgIpc) is 2.85. The van der Waals surface area contributed by atoms with E-state index in [2.05, 4.69) is 5.10 Å². The second kappa shape index (κ2) is 4.20. The molecular formula is C14H15N3O2. The highest BCUT2D eigenvalue weighted by molar-refractivity contribution is 5.83. The van der Waals surface area contributed by atoms with Crippen LogP contribution in [0.2, 0.25) is 0 Å². The van der Waals surface area contributed by atoms with Crippen LogP contribution in [0.3, 0.4) is 0 Å². The van der Waals surface area contributed by atoms with Gasteiger partial charge in [0.15, 0.2) is 0 Å². The molecule has 0 aliphatic heterocycles. The first-order valence-electron chi connectivity index (χ1n) is 6.21. The standard InChI is InChI=1S/C14H15N3O2/c15-11-6-14(7-11,13(18)19)10-8-16-17(9-10)12-4-2-1-3-5-12/h1-5,8-9,11H,6-7,15H2,(H,18,19). The summed E-state index contributed by atoms with van der Waals surface area (Å²) in [7, 11) is 0. The van der Waals surface area contributed by atoms with Crippen molar-refractivity contribution in [3.63, 3.8) is 0 Å². The highest BCUT2D eigenvalue weighted by Gasteiger charge is 2.51. The third-order valence-corrected chi connectivity index (χ3v) is 3.79. The molecular weight excluding hydrogens is 242 g/mol. The van der Waals surface area contributed by atoms with Crippen LogP contribution in [0.1, 0.15) is 18.4 Å². The summed E-state index contributed by atoms with van der Waals surface area (Å²) in [6, 6.07) is 9.59. The van der Waals surface area contributed by atoms with Crippen molar-refractivity contribution in [3.8, 4) is 5.69 Å². The number of nitrogens with two attached hydrogens (primary N) is 1. The number of rotatable bonds is 3. The SMILES string of the molecule is NC1CC(C(=O)O)(c2cnn(-c3ccccc3)c2)C1. The van der Waals surface area contributed by atoms with E-state index in [0.29, 0.717) is 12.8 Å². The van der Waals surface area contributed by atoms with Gasteiger partial charge >= 0.3 is 5.97 Å². The van der Waals surface area contributed by atoms with Crippen LogP contribution in [0, 0.1) is 0 Å². The molecule has 2 aromatic rings. The molecule has 0 spiro atoms. The Bertz CT molecular complexity index is 600. The van der Waals surface area contributed by atoms with Crippen molar-refractivity contribution in [1.82, 2.24) is 9.78 Å². The number of aliphatic carboxylic acids is 1. The lowest BCUT2D eigenvalue weighted by molar-refractivity contribution is -0.148. The monoisotopic (exact) mass is 257 g/mol.